The summed E-state index contributed by atoms with van der Waals surface area (Å²) in [6.07, 6.45) is 2.72. The standard InChI is InChI=1S/C21H15BrN4O3S2/c22-15-8-9-17(18(11-15)26-31(28,29)16-7-4-10-23-12-16)20(27)25-21-24-19(13-30-21)14-5-2-1-3-6-14/h1-13,26H,(H,24,25,27). The van der Waals surface area contributed by atoms with Crippen molar-refractivity contribution in [3.05, 3.63) is 88.5 Å². The van der Waals surface area contributed by atoms with E-state index in [4.69, 9.17) is 0 Å². The SMILES string of the molecule is O=C(Nc1nc(-c2ccccc2)cs1)c1ccc(Br)cc1NS(=O)(=O)c1cccnc1. The molecule has 2 heterocycles. The molecule has 0 bridgehead atoms. The van der Waals surface area contributed by atoms with Gasteiger partial charge in [-0.3, -0.25) is 19.8 Å². The molecule has 0 radical (unpaired) electrons. The highest BCUT2D eigenvalue weighted by Crippen LogP contribution is 2.28. The van der Waals surface area contributed by atoms with Crippen molar-refractivity contribution in [1.82, 2.24) is 9.97 Å². The van der Waals surface area contributed by atoms with Crippen LogP contribution in [0.15, 0.2) is 87.8 Å². The summed E-state index contributed by atoms with van der Waals surface area (Å²) in [5, 5.41) is 5.00. The average molecular weight is 515 g/mol. The highest BCUT2D eigenvalue weighted by atomic mass is 79.9. The van der Waals surface area contributed by atoms with Crippen molar-refractivity contribution in [2.45, 2.75) is 4.90 Å². The van der Waals surface area contributed by atoms with Gasteiger partial charge in [0.25, 0.3) is 15.9 Å². The molecule has 2 N–H and O–H groups in total. The van der Waals surface area contributed by atoms with Gasteiger partial charge in [-0.1, -0.05) is 46.3 Å². The number of thiazole rings is 1. The molecule has 31 heavy (non-hydrogen) atoms. The number of benzene rings is 2. The number of rotatable bonds is 6. The second-order valence-corrected chi connectivity index (χ2v) is 9.80. The third-order valence-corrected chi connectivity index (χ3v) is 6.81. The number of nitrogens with one attached hydrogen (secondary N) is 2. The third-order valence-electron chi connectivity index (χ3n) is 4.21. The maximum Gasteiger partial charge on any atom is 0.263 e. The number of carbonyl (C=O) groups excluding carboxylic acids is 1. The van der Waals surface area contributed by atoms with E-state index in [-0.39, 0.29) is 16.1 Å². The van der Waals surface area contributed by atoms with Crippen LogP contribution in [0.3, 0.4) is 0 Å². The second kappa shape index (κ2) is 8.96. The van der Waals surface area contributed by atoms with Crippen molar-refractivity contribution >= 4 is 54.0 Å². The number of amides is 1. The minimum Gasteiger partial charge on any atom is -0.298 e. The zero-order valence-electron chi connectivity index (χ0n) is 15.8. The number of hydrogen-bond donors (Lipinski definition) is 2. The summed E-state index contributed by atoms with van der Waals surface area (Å²) < 4.78 is 28.5. The summed E-state index contributed by atoms with van der Waals surface area (Å²) in [6.45, 7) is 0. The van der Waals surface area contributed by atoms with E-state index < -0.39 is 15.9 Å². The molecule has 0 saturated carbocycles. The number of hydrogen-bond acceptors (Lipinski definition) is 6. The molecule has 0 aliphatic rings. The van der Waals surface area contributed by atoms with Crippen molar-refractivity contribution < 1.29 is 13.2 Å². The summed E-state index contributed by atoms with van der Waals surface area (Å²) in [5.74, 6) is -0.481. The molecule has 0 aliphatic heterocycles. The van der Waals surface area contributed by atoms with Gasteiger partial charge < -0.3 is 0 Å². The van der Waals surface area contributed by atoms with E-state index in [0.29, 0.717) is 9.60 Å². The average Bonchev–Trinajstić information content (AvgIpc) is 3.23. The lowest BCUT2D eigenvalue weighted by Crippen LogP contribution is -2.18. The van der Waals surface area contributed by atoms with Gasteiger partial charge in [-0.25, -0.2) is 13.4 Å². The summed E-state index contributed by atoms with van der Waals surface area (Å²) >= 11 is 4.60. The van der Waals surface area contributed by atoms with Gasteiger partial charge in [-0.2, -0.15) is 0 Å². The van der Waals surface area contributed by atoms with E-state index in [2.05, 4.69) is 35.9 Å². The van der Waals surface area contributed by atoms with Crippen molar-refractivity contribution in [2.75, 3.05) is 10.0 Å². The highest BCUT2D eigenvalue weighted by molar-refractivity contribution is 9.10. The van der Waals surface area contributed by atoms with Crippen LogP contribution < -0.4 is 10.0 Å². The van der Waals surface area contributed by atoms with E-state index in [1.54, 1.807) is 6.07 Å². The van der Waals surface area contributed by atoms with E-state index in [1.165, 1.54) is 48.0 Å². The first kappa shape index (κ1) is 21.2. The molecule has 156 valence electrons. The largest absolute Gasteiger partial charge is 0.298 e. The number of aromatic nitrogens is 2. The first-order valence-corrected chi connectivity index (χ1v) is 12.1. The maximum absolute atomic E-state index is 12.9. The normalized spacial score (nSPS) is 11.1. The number of anilines is 2. The lowest BCUT2D eigenvalue weighted by Gasteiger charge is -2.12. The first-order chi connectivity index (χ1) is 14.9. The Hall–Kier alpha value is -3.08. The van der Waals surface area contributed by atoms with E-state index in [9.17, 15) is 13.2 Å². The predicted octanol–water partition coefficient (Wildman–Crippen LogP) is 5.02. The Balaban J connectivity index is 1.59. The Morgan fingerprint density at radius 1 is 1.03 bits per heavy atom. The zero-order valence-corrected chi connectivity index (χ0v) is 19.0. The molecule has 4 rings (SSSR count). The van der Waals surface area contributed by atoms with Gasteiger partial charge in [0.1, 0.15) is 4.90 Å². The van der Waals surface area contributed by atoms with Crippen LogP contribution in [0.25, 0.3) is 11.3 Å². The molecule has 0 aliphatic carbocycles. The van der Waals surface area contributed by atoms with E-state index >= 15 is 0 Å². The summed E-state index contributed by atoms with van der Waals surface area (Å²) in [4.78, 5) is 21.2. The number of nitrogens with zero attached hydrogens (tertiary/aromatic N) is 2. The van der Waals surface area contributed by atoms with Crippen LogP contribution in [0.4, 0.5) is 10.8 Å². The molecule has 2 aromatic carbocycles. The smallest absolute Gasteiger partial charge is 0.263 e. The molecular weight excluding hydrogens is 500 g/mol. The van der Waals surface area contributed by atoms with Gasteiger partial charge in [-0.05, 0) is 30.3 Å². The van der Waals surface area contributed by atoms with Crippen molar-refractivity contribution in [3.8, 4) is 11.3 Å². The predicted molar refractivity (Wildman–Crippen MR) is 125 cm³/mol. The van der Waals surface area contributed by atoms with Crippen molar-refractivity contribution in [1.29, 1.82) is 0 Å². The minimum atomic E-state index is -3.92. The lowest BCUT2D eigenvalue weighted by atomic mass is 10.2. The van der Waals surface area contributed by atoms with Crippen LogP contribution in [-0.2, 0) is 10.0 Å². The Bertz CT molecular complexity index is 1330. The van der Waals surface area contributed by atoms with Gasteiger partial charge in [0.05, 0.1) is 16.9 Å². The molecule has 7 nitrogen and oxygen atoms in total. The number of halogens is 1. The van der Waals surface area contributed by atoms with Crippen LogP contribution in [0.5, 0.6) is 0 Å². The Morgan fingerprint density at radius 2 is 1.84 bits per heavy atom. The molecule has 2 aromatic heterocycles. The summed E-state index contributed by atoms with van der Waals surface area (Å²) in [5.41, 5.74) is 1.98. The minimum absolute atomic E-state index is 0.00578. The summed E-state index contributed by atoms with van der Waals surface area (Å²) in [6, 6.07) is 17.3. The van der Waals surface area contributed by atoms with Crippen molar-refractivity contribution in [3.63, 3.8) is 0 Å². The maximum atomic E-state index is 12.9. The Kier molecular flexibility index (Phi) is 6.12. The molecule has 4 aromatic rings. The van der Waals surface area contributed by atoms with Crippen LogP contribution >= 0.6 is 27.3 Å². The van der Waals surface area contributed by atoms with Crippen molar-refractivity contribution in [2.24, 2.45) is 0 Å². The molecular formula is C21H15BrN4O3S2. The second-order valence-electron chi connectivity index (χ2n) is 6.34. The molecule has 10 heteroatoms. The van der Waals surface area contributed by atoms with Crippen LogP contribution in [0, 0.1) is 0 Å². The van der Waals surface area contributed by atoms with Gasteiger partial charge in [-0.15, -0.1) is 11.3 Å². The highest BCUT2D eigenvalue weighted by Gasteiger charge is 2.20. The van der Waals surface area contributed by atoms with Gasteiger partial charge in [0.2, 0.25) is 0 Å². The number of pyridine rings is 1. The topological polar surface area (TPSA) is 101 Å². The Morgan fingerprint density at radius 3 is 2.58 bits per heavy atom. The fraction of sp³-hybridized carbons (Fsp3) is 0. The number of sulfonamides is 1. The van der Waals surface area contributed by atoms with Crippen LogP contribution in [-0.4, -0.2) is 24.3 Å². The quantitative estimate of drug-likeness (QED) is 0.376. The lowest BCUT2D eigenvalue weighted by molar-refractivity contribution is 0.102. The summed E-state index contributed by atoms with van der Waals surface area (Å²) in [7, 11) is -3.92. The molecule has 0 fully saturated rings. The molecule has 1 amide bonds. The molecule has 0 unspecified atom stereocenters. The first-order valence-electron chi connectivity index (χ1n) is 8.97. The van der Waals surface area contributed by atoms with Crippen LogP contribution in [0.1, 0.15) is 10.4 Å². The van der Waals surface area contributed by atoms with E-state index in [1.807, 2.05) is 35.7 Å². The zero-order chi connectivity index (χ0) is 21.8. The fourth-order valence-electron chi connectivity index (χ4n) is 2.75. The monoisotopic (exact) mass is 514 g/mol. The number of carbonyl (C=O) groups is 1. The third kappa shape index (κ3) is 4.98. The molecule has 0 saturated heterocycles. The van der Waals surface area contributed by atoms with Crippen LogP contribution in [0.2, 0.25) is 0 Å². The molecule has 0 atom stereocenters. The van der Waals surface area contributed by atoms with Gasteiger partial charge >= 0.3 is 0 Å². The van der Waals surface area contributed by atoms with Gasteiger partial charge in [0, 0.05) is 27.8 Å². The van der Waals surface area contributed by atoms with Gasteiger partial charge in [0.15, 0.2) is 5.13 Å². The Labute approximate surface area is 191 Å². The fourth-order valence-corrected chi connectivity index (χ4v) is 4.86. The molecule has 0 spiro atoms. The van der Waals surface area contributed by atoms with E-state index in [0.717, 1.165) is 11.3 Å².